The van der Waals surface area contributed by atoms with Crippen molar-refractivity contribution in [2.75, 3.05) is 14.2 Å². The zero-order chi connectivity index (χ0) is 14.4. The first-order valence-electron chi connectivity index (χ1n) is 6.47. The largest absolute Gasteiger partial charge is 0.497 e. The Morgan fingerprint density at radius 2 is 1.89 bits per heavy atom. The summed E-state index contributed by atoms with van der Waals surface area (Å²) in [4.78, 5) is 11.7. The molecular weight excluding hydrogens is 242 g/mol. The highest BCUT2D eigenvalue weighted by Gasteiger charge is 2.24. The highest BCUT2D eigenvalue weighted by Crippen LogP contribution is 2.20. The van der Waals surface area contributed by atoms with Gasteiger partial charge in [0.25, 0.3) is 0 Å². The van der Waals surface area contributed by atoms with Crippen molar-refractivity contribution in [3.8, 4) is 5.75 Å². The third-order valence-corrected chi connectivity index (χ3v) is 3.15. The van der Waals surface area contributed by atoms with Gasteiger partial charge in [0.1, 0.15) is 11.8 Å². The second-order valence-corrected chi connectivity index (χ2v) is 4.91. The van der Waals surface area contributed by atoms with Crippen molar-refractivity contribution >= 4 is 5.97 Å². The molecule has 0 aliphatic heterocycles. The van der Waals surface area contributed by atoms with Crippen LogP contribution in [0.15, 0.2) is 24.3 Å². The molecule has 0 radical (unpaired) electrons. The van der Waals surface area contributed by atoms with Crippen molar-refractivity contribution in [2.24, 2.45) is 5.92 Å². The minimum absolute atomic E-state index is 0.0431. The molecule has 4 nitrogen and oxygen atoms in total. The zero-order valence-electron chi connectivity index (χ0n) is 12.3. The van der Waals surface area contributed by atoms with E-state index in [1.165, 1.54) is 7.11 Å². The van der Waals surface area contributed by atoms with E-state index in [1.54, 1.807) is 7.11 Å². The molecule has 0 aromatic heterocycles. The van der Waals surface area contributed by atoms with Crippen molar-refractivity contribution in [3.63, 3.8) is 0 Å². The van der Waals surface area contributed by atoms with Gasteiger partial charge in [0, 0.05) is 6.04 Å². The first-order chi connectivity index (χ1) is 8.99. The Kier molecular flexibility index (Phi) is 5.83. The SMILES string of the molecule is COC(=O)[C@@H](NC(C)c1cccc(OC)c1)C(C)C. The second kappa shape index (κ2) is 7.14. The van der Waals surface area contributed by atoms with Gasteiger partial charge >= 0.3 is 5.97 Å². The molecule has 1 unspecified atom stereocenters. The lowest BCUT2D eigenvalue weighted by Gasteiger charge is -2.24. The number of rotatable bonds is 6. The van der Waals surface area contributed by atoms with Crippen LogP contribution in [0.3, 0.4) is 0 Å². The molecule has 0 saturated heterocycles. The van der Waals surface area contributed by atoms with E-state index in [9.17, 15) is 4.79 Å². The molecule has 19 heavy (non-hydrogen) atoms. The van der Waals surface area contributed by atoms with Crippen LogP contribution in [0.1, 0.15) is 32.4 Å². The highest BCUT2D eigenvalue weighted by molar-refractivity contribution is 5.76. The average molecular weight is 265 g/mol. The van der Waals surface area contributed by atoms with Crippen LogP contribution < -0.4 is 10.1 Å². The number of hydrogen-bond donors (Lipinski definition) is 1. The van der Waals surface area contributed by atoms with Gasteiger partial charge in [-0.05, 0) is 30.5 Å². The van der Waals surface area contributed by atoms with E-state index in [0.717, 1.165) is 11.3 Å². The molecule has 0 fully saturated rings. The molecule has 0 saturated carbocycles. The lowest BCUT2D eigenvalue weighted by atomic mass is 10.0. The number of hydrogen-bond acceptors (Lipinski definition) is 4. The summed E-state index contributed by atoms with van der Waals surface area (Å²) in [7, 11) is 3.05. The van der Waals surface area contributed by atoms with Crippen LogP contribution in [0.2, 0.25) is 0 Å². The minimum atomic E-state index is -0.314. The van der Waals surface area contributed by atoms with Crippen LogP contribution in [0.5, 0.6) is 5.75 Å². The van der Waals surface area contributed by atoms with E-state index in [0.29, 0.717) is 0 Å². The maximum atomic E-state index is 11.7. The normalized spacial score (nSPS) is 14.0. The second-order valence-electron chi connectivity index (χ2n) is 4.91. The summed E-state index contributed by atoms with van der Waals surface area (Å²) < 4.78 is 10.0. The summed E-state index contributed by atoms with van der Waals surface area (Å²) in [5.41, 5.74) is 1.08. The van der Waals surface area contributed by atoms with Crippen LogP contribution >= 0.6 is 0 Å². The van der Waals surface area contributed by atoms with E-state index in [-0.39, 0.29) is 24.0 Å². The number of benzene rings is 1. The molecule has 0 aliphatic carbocycles. The van der Waals surface area contributed by atoms with Crippen molar-refractivity contribution in [2.45, 2.75) is 32.9 Å². The number of nitrogens with one attached hydrogen (secondary N) is 1. The van der Waals surface area contributed by atoms with Crippen LogP contribution in [0, 0.1) is 5.92 Å². The summed E-state index contributed by atoms with van der Waals surface area (Å²) in [6.07, 6.45) is 0. The number of carbonyl (C=O) groups is 1. The third-order valence-electron chi connectivity index (χ3n) is 3.15. The van der Waals surface area contributed by atoms with Gasteiger partial charge < -0.3 is 9.47 Å². The molecule has 106 valence electrons. The summed E-state index contributed by atoms with van der Waals surface area (Å²) >= 11 is 0. The van der Waals surface area contributed by atoms with Crippen LogP contribution in [0.4, 0.5) is 0 Å². The van der Waals surface area contributed by atoms with E-state index in [1.807, 2.05) is 45.0 Å². The van der Waals surface area contributed by atoms with E-state index in [2.05, 4.69) is 5.32 Å². The van der Waals surface area contributed by atoms with Gasteiger partial charge in [-0.3, -0.25) is 10.1 Å². The molecule has 0 bridgehead atoms. The fourth-order valence-electron chi connectivity index (χ4n) is 1.94. The van der Waals surface area contributed by atoms with Crippen LogP contribution in [-0.4, -0.2) is 26.2 Å². The Morgan fingerprint density at radius 3 is 2.42 bits per heavy atom. The predicted octanol–water partition coefficient (Wildman–Crippen LogP) is 2.54. The molecule has 4 heteroatoms. The van der Waals surface area contributed by atoms with Gasteiger partial charge in [-0.2, -0.15) is 0 Å². The maximum absolute atomic E-state index is 11.7. The fourth-order valence-corrected chi connectivity index (χ4v) is 1.94. The van der Waals surface area contributed by atoms with Gasteiger partial charge in [-0.15, -0.1) is 0 Å². The monoisotopic (exact) mass is 265 g/mol. The quantitative estimate of drug-likeness (QED) is 0.803. The summed E-state index contributed by atoms with van der Waals surface area (Å²) in [5, 5.41) is 3.30. The Balaban J connectivity index is 2.81. The fraction of sp³-hybridized carbons (Fsp3) is 0.533. The number of esters is 1. The smallest absolute Gasteiger partial charge is 0.323 e. The van der Waals surface area contributed by atoms with Gasteiger partial charge in [-0.25, -0.2) is 0 Å². The van der Waals surface area contributed by atoms with Gasteiger partial charge in [0.05, 0.1) is 14.2 Å². The van der Waals surface area contributed by atoms with Crippen molar-refractivity contribution in [3.05, 3.63) is 29.8 Å². The molecular formula is C15H23NO3. The van der Waals surface area contributed by atoms with Crippen LogP contribution in [-0.2, 0) is 9.53 Å². The third kappa shape index (κ3) is 4.24. The van der Waals surface area contributed by atoms with Crippen molar-refractivity contribution in [1.82, 2.24) is 5.32 Å². The Bertz CT molecular complexity index is 418. The molecule has 1 rings (SSSR count). The van der Waals surface area contributed by atoms with Gasteiger partial charge in [0.15, 0.2) is 0 Å². The topological polar surface area (TPSA) is 47.6 Å². The highest BCUT2D eigenvalue weighted by atomic mass is 16.5. The molecule has 2 atom stereocenters. The zero-order valence-corrected chi connectivity index (χ0v) is 12.3. The van der Waals surface area contributed by atoms with E-state index >= 15 is 0 Å². The van der Waals surface area contributed by atoms with E-state index < -0.39 is 0 Å². The first kappa shape index (κ1) is 15.5. The average Bonchev–Trinajstić information content (AvgIpc) is 2.43. The predicted molar refractivity (Wildman–Crippen MR) is 75.2 cm³/mol. The van der Waals surface area contributed by atoms with E-state index in [4.69, 9.17) is 9.47 Å². The lowest BCUT2D eigenvalue weighted by molar-refractivity contribution is -0.144. The molecule has 1 N–H and O–H groups in total. The first-order valence-corrected chi connectivity index (χ1v) is 6.47. The number of methoxy groups -OCH3 is 2. The van der Waals surface area contributed by atoms with Gasteiger partial charge in [0.2, 0.25) is 0 Å². The van der Waals surface area contributed by atoms with Crippen LogP contribution in [0.25, 0.3) is 0 Å². The van der Waals surface area contributed by atoms with Gasteiger partial charge in [-0.1, -0.05) is 26.0 Å². The molecule has 0 spiro atoms. The minimum Gasteiger partial charge on any atom is -0.497 e. The standard InChI is InChI=1S/C15H23NO3/c1-10(2)14(15(17)19-5)16-11(3)12-7-6-8-13(9-12)18-4/h6-11,14,16H,1-5H3/t11?,14-/m0/s1. The number of ether oxygens (including phenoxy) is 2. The Hall–Kier alpha value is -1.55. The van der Waals surface area contributed by atoms with Crippen molar-refractivity contribution in [1.29, 1.82) is 0 Å². The molecule has 0 heterocycles. The molecule has 1 aromatic carbocycles. The Morgan fingerprint density at radius 1 is 1.21 bits per heavy atom. The lowest BCUT2D eigenvalue weighted by Crippen LogP contribution is -2.42. The molecule has 0 aliphatic rings. The summed E-state index contributed by atoms with van der Waals surface area (Å²) in [5.74, 6) is 0.746. The molecule has 1 aromatic rings. The molecule has 0 amide bonds. The van der Waals surface area contributed by atoms with Crippen molar-refractivity contribution < 1.29 is 14.3 Å². The Labute approximate surface area is 115 Å². The maximum Gasteiger partial charge on any atom is 0.323 e. The number of carbonyl (C=O) groups excluding carboxylic acids is 1. The summed E-state index contributed by atoms with van der Waals surface area (Å²) in [6, 6.07) is 7.54. The summed E-state index contributed by atoms with van der Waals surface area (Å²) in [6.45, 7) is 6.01.